The smallest absolute Gasteiger partial charge is 0.331 e. The first kappa shape index (κ1) is 15.8. The molecule has 0 amide bonds. The molecule has 0 saturated heterocycles. The number of carbonyl (C=O) groups is 1. The van der Waals surface area contributed by atoms with E-state index in [0.29, 0.717) is 5.75 Å². The third-order valence-corrected chi connectivity index (χ3v) is 3.19. The van der Waals surface area contributed by atoms with Gasteiger partial charge in [0.2, 0.25) is 0 Å². The van der Waals surface area contributed by atoms with Crippen LogP contribution in [0.15, 0.2) is 66.7 Å². The molecular weight excluding hydrogens is 280 g/mol. The molecule has 0 aliphatic rings. The first-order valence-corrected chi connectivity index (χ1v) is 6.94. The van der Waals surface area contributed by atoms with Gasteiger partial charge < -0.3 is 14.9 Å². The van der Waals surface area contributed by atoms with E-state index in [-0.39, 0.29) is 18.6 Å². The van der Waals surface area contributed by atoms with Gasteiger partial charge in [-0.2, -0.15) is 0 Å². The average Bonchev–Trinajstić information content (AvgIpc) is 2.54. The van der Waals surface area contributed by atoms with Crippen molar-refractivity contribution < 1.29 is 19.7 Å². The van der Waals surface area contributed by atoms with Gasteiger partial charge in [0.15, 0.2) is 0 Å². The minimum Gasteiger partial charge on any atom is -0.490 e. The third kappa shape index (κ3) is 4.20. The first-order valence-electron chi connectivity index (χ1n) is 6.94. The molecule has 0 spiro atoms. The Labute approximate surface area is 129 Å². The van der Waals surface area contributed by atoms with Crippen molar-refractivity contribution in [2.24, 2.45) is 0 Å². The van der Waals surface area contributed by atoms with E-state index in [9.17, 15) is 9.90 Å². The van der Waals surface area contributed by atoms with Gasteiger partial charge in [-0.15, -0.1) is 0 Å². The van der Waals surface area contributed by atoms with Crippen molar-refractivity contribution in [1.82, 2.24) is 0 Å². The highest BCUT2D eigenvalue weighted by Gasteiger charge is 2.13. The lowest BCUT2D eigenvalue weighted by Gasteiger charge is -2.15. The Kier molecular flexibility index (Phi) is 5.33. The summed E-state index contributed by atoms with van der Waals surface area (Å²) in [6.45, 7) is 3.41. The monoisotopic (exact) mass is 298 g/mol. The predicted octanol–water partition coefficient (Wildman–Crippen LogP) is 3.12. The number of aliphatic hydroxyl groups excluding tert-OH is 1. The molecule has 114 valence electrons. The van der Waals surface area contributed by atoms with Gasteiger partial charge in [-0.3, -0.25) is 0 Å². The van der Waals surface area contributed by atoms with Gasteiger partial charge in [0.1, 0.15) is 12.4 Å². The maximum Gasteiger partial charge on any atom is 0.331 e. The molecular formula is C18H18O4. The summed E-state index contributed by atoms with van der Waals surface area (Å²) >= 11 is 0. The van der Waals surface area contributed by atoms with E-state index in [4.69, 9.17) is 9.84 Å². The van der Waals surface area contributed by atoms with Crippen molar-refractivity contribution in [3.8, 4) is 16.9 Å². The second-order valence-electron chi connectivity index (χ2n) is 4.94. The second kappa shape index (κ2) is 7.43. The SMILES string of the molecule is C=C(CC(O)COc1ccccc1-c1ccccc1)C(=O)O. The van der Waals surface area contributed by atoms with E-state index in [2.05, 4.69) is 6.58 Å². The lowest BCUT2D eigenvalue weighted by atomic mass is 10.0. The summed E-state index contributed by atoms with van der Waals surface area (Å²) in [5.41, 5.74) is 1.90. The number of carboxylic acids is 1. The van der Waals surface area contributed by atoms with Crippen LogP contribution in [-0.4, -0.2) is 28.9 Å². The van der Waals surface area contributed by atoms with E-state index in [1.165, 1.54) is 0 Å². The van der Waals surface area contributed by atoms with Crippen LogP contribution in [0.5, 0.6) is 5.75 Å². The van der Waals surface area contributed by atoms with Crippen molar-refractivity contribution in [3.05, 3.63) is 66.7 Å². The minimum atomic E-state index is -1.11. The number of ether oxygens (including phenoxy) is 1. The summed E-state index contributed by atoms with van der Waals surface area (Å²) in [6.07, 6.45) is -0.935. The molecule has 0 saturated carbocycles. The number of aliphatic carboxylic acids is 1. The summed E-state index contributed by atoms with van der Waals surface area (Å²) in [5.74, 6) is -0.461. The van der Waals surface area contributed by atoms with Gasteiger partial charge in [-0.25, -0.2) is 4.79 Å². The Morgan fingerprint density at radius 1 is 1.09 bits per heavy atom. The van der Waals surface area contributed by atoms with E-state index in [1.54, 1.807) is 0 Å². The molecule has 0 aliphatic heterocycles. The van der Waals surface area contributed by atoms with Crippen molar-refractivity contribution in [2.75, 3.05) is 6.61 Å². The van der Waals surface area contributed by atoms with Crippen LogP contribution in [0.25, 0.3) is 11.1 Å². The fraction of sp³-hybridized carbons (Fsp3) is 0.167. The lowest BCUT2D eigenvalue weighted by molar-refractivity contribution is -0.133. The number of hydrogen-bond donors (Lipinski definition) is 2. The van der Waals surface area contributed by atoms with Gasteiger partial charge in [0, 0.05) is 17.6 Å². The topological polar surface area (TPSA) is 66.8 Å². The molecule has 0 bridgehead atoms. The molecule has 0 aliphatic carbocycles. The van der Waals surface area contributed by atoms with Gasteiger partial charge in [-0.1, -0.05) is 55.1 Å². The van der Waals surface area contributed by atoms with Crippen LogP contribution in [0.4, 0.5) is 0 Å². The van der Waals surface area contributed by atoms with Crippen LogP contribution in [0.1, 0.15) is 6.42 Å². The first-order chi connectivity index (χ1) is 10.6. The zero-order chi connectivity index (χ0) is 15.9. The quantitative estimate of drug-likeness (QED) is 0.771. The van der Waals surface area contributed by atoms with E-state index >= 15 is 0 Å². The van der Waals surface area contributed by atoms with Crippen LogP contribution in [0.2, 0.25) is 0 Å². The summed E-state index contributed by atoms with van der Waals surface area (Å²) in [5, 5.41) is 18.6. The highest BCUT2D eigenvalue weighted by atomic mass is 16.5. The maximum absolute atomic E-state index is 10.7. The van der Waals surface area contributed by atoms with Crippen LogP contribution in [-0.2, 0) is 4.79 Å². The van der Waals surface area contributed by atoms with Crippen LogP contribution in [0.3, 0.4) is 0 Å². The molecule has 2 aromatic rings. The zero-order valence-electron chi connectivity index (χ0n) is 12.1. The normalized spacial score (nSPS) is 11.7. The lowest BCUT2D eigenvalue weighted by Crippen LogP contribution is -2.20. The van der Waals surface area contributed by atoms with Crippen molar-refractivity contribution in [1.29, 1.82) is 0 Å². The second-order valence-corrected chi connectivity index (χ2v) is 4.94. The van der Waals surface area contributed by atoms with Crippen molar-refractivity contribution in [3.63, 3.8) is 0 Å². The summed E-state index contributed by atoms with van der Waals surface area (Å²) < 4.78 is 5.65. The summed E-state index contributed by atoms with van der Waals surface area (Å²) in [6, 6.07) is 17.3. The molecule has 4 nitrogen and oxygen atoms in total. The Balaban J connectivity index is 2.05. The molecule has 0 heterocycles. The van der Waals surface area contributed by atoms with Gasteiger partial charge in [-0.05, 0) is 11.6 Å². The summed E-state index contributed by atoms with van der Waals surface area (Å²) in [7, 11) is 0. The predicted molar refractivity (Wildman–Crippen MR) is 84.8 cm³/mol. The fourth-order valence-electron chi connectivity index (χ4n) is 2.07. The standard InChI is InChI=1S/C18H18O4/c1-13(18(20)21)11-15(19)12-22-17-10-6-5-9-16(17)14-7-3-2-4-8-14/h2-10,15,19H,1,11-12H2,(H,20,21). The van der Waals surface area contributed by atoms with Crippen LogP contribution >= 0.6 is 0 Å². The highest BCUT2D eigenvalue weighted by Crippen LogP contribution is 2.29. The van der Waals surface area contributed by atoms with Gasteiger partial charge in [0.25, 0.3) is 0 Å². The van der Waals surface area contributed by atoms with E-state index < -0.39 is 12.1 Å². The molecule has 2 N–H and O–H groups in total. The molecule has 1 atom stereocenters. The van der Waals surface area contributed by atoms with Gasteiger partial charge >= 0.3 is 5.97 Å². The number of benzene rings is 2. The van der Waals surface area contributed by atoms with Crippen molar-refractivity contribution >= 4 is 5.97 Å². The Morgan fingerprint density at radius 2 is 1.73 bits per heavy atom. The number of para-hydroxylation sites is 1. The average molecular weight is 298 g/mol. The molecule has 0 fully saturated rings. The zero-order valence-corrected chi connectivity index (χ0v) is 12.1. The minimum absolute atomic E-state index is 0.0101. The molecule has 2 aromatic carbocycles. The Bertz CT molecular complexity index is 649. The van der Waals surface area contributed by atoms with Crippen LogP contribution in [0, 0.1) is 0 Å². The Morgan fingerprint density at radius 3 is 2.41 bits per heavy atom. The van der Waals surface area contributed by atoms with E-state index in [1.807, 2.05) is 54.6 Å². The molecule has 0 radical (unpaired) electrons. The largest absolute Gasteiger partial charge is 0.490 e. The third-order valence-electron chi connectivity index (χ3n) is 3.19. The number of rotatable bonds is 7. The molecule has 2 rings (SSSR count). The van der Waals surface area contributed by atoms with Gasteiger partial charge in [0.05, 0.1) is 6.10 Å². The number of hydrogen-bond acceptors (Lipinski definition) is 3. The number of carboxylic acid groups (broad SMARTS) is 1. The summed E-state index contributed by atoms with van der Waals surface area (Å²) in [4.78, 5) is 10.7. The Hall–Kier alpha value is -2.59. The fourth-order valence-corrected chi connectivity index (χ4v) is 2.07. The molecule has 22 heavy (non-hydrogen) atoms. The highest BCUT2D eigenvalue weighted by molar-refractivity contribution is 5.85. The molecule has 4 heteroatoms. The molecule has 1 unspecified atom stereocenters. The maximum atomic E-state index is 10.7. The molecule has 0 aromatic heterocycles. The number of aliphatic hydroxyl groups is 1. The van der Waals surface area contributed by atoms with Crippen molar-refractivity contribution in [2.45, 2.75) is 12.5 Å². The van der Waals surface area contributed by atoms with E-state index in [0.717, 1.165) is 11.1 Å². The van der Waals surface area contributed by atoms with Crippen LogP contribution < -0.4 is 4.74 Å².